The number of nitrogens with one attached hydrogen (secondary N) is 1. The minimum absolute atomic E-state index is 0.595. The van der Waals surface area contributed by atoms with Crippen LogP contribution in [0.5, 0.6) is 0 Å². The minimum atomic E-state index is 0.595. The van der Waals surface area contributed by atoms with Crippen LogP contribution in [-0.4, -0.2) is 21.0 Å². The third kappa shape index (κ3) is 6.22. The van der Waals surface area contributed by atoms with Crippen LogP contribution in [0.2, 0.25) is 0 Å². The number of H-pyrrole nitrogens is 1. The van der Waals surface area contributed by atoms with E-state index in [2.05, 4.69) is 211 Å². The lowest BCUT2D eigenvalue weighted by atomic mass is 9.87. The van der Waals surface area contributed by atoms with E-state index < -0.39 is 0 Å². The first-order valence-corrected chi connectivity index (χ1v) is 19.7. The number of aliphatic imine (C=N–C) groups is 2. The van der Waals surface area contributed by atoms with Gasteiger partial charge in [0, 0.05) is 56.9 Å². The monoisotopic (exact) mass is 744 g/mol. The Balaban J connectivity index is 1.43. The molecule has 0 unspecified atom stereocenters. The fourth-order valence-electron chi connectivity index (χ4n) is 8.51. The van der Waals surface area contributed by atoms with Gasteiger partial charge in [0.05, 0.1) is 28.5 Å². The van der Waals surface area contributed by atoms with E-state index in [-0.39, 0.29) is 0 Å². The number of rotatable bonds is 7. The van der Waals surface area contributed by atoms with E-state index in [1.165, 1.54) is 5.56 Å². The highest BCUT2D eigenvalue weighted by molar-refractivity contribution is 6.31. The normalized spacial score (nSPS) is 14.6. The summed E-state index contributed by atoms with van der Waals surface area (Å²) in [4.78, 5) is 15.0. The smallest absolute Gasteiger partial charge is 0.0737 e. The number of aromatic nitrogens is 2. The Morgan fingerprint density at radius 3 is 1.48 bits per heavy atom. The fourth-order valence-corrected chi connectivity index (χ4v) is 8.51. The zero-order valence-electron chi connectivity index (χ0n) is 32.2. The number of fused-ring (bicyclic) bond motifs is 6. The molecule has 276 valence electrons. The van der Waals surface area contributed by atoms with Gasteiger partial charge in [-0.1, -0.05) is 157 Å². The number of hydrogen-bond acceptors (Lipinski definition) is 2. The highest BCUT2D eigenvalue weighted by atomic mass is 15.0. The summed E-state index contributed by atoms with van der Waals surface area (Å²) in [5.74, 6) is 0. The van der Waals surface area contributed by atoms with Crippen LogP contribution in [0.3, 0.4) is 0 Å². The molecule has 5 aromatic carbocycles. The van der Waals surface area contributed by atoms with Gasteiger partial charge >= 0.3 is 0 Å². The molecule has 0 saturated carbocycles. The van der Waals surface area contributed by atoms with Gasteiger partial charge < -0.3 is 9.55 Å². The van der Waals surface area contributed by atoms with Crippen LogP contribution in [0.4, 0.5) is 0 Å². The van der Waals surface area contributed by atoms with Gasteiger partial charge in [0.15, 0.2) is 0 Å². The van der Waals surface area contributed by atoms with Crippen molar-refractivity contribution in [3.63, 3.8) is 0 Å². The van der Waals surface area contributed by atoms with Crippen molar-refractivity contribution >= 4 is 33.7 Å². The van der Waals surface area contributed by atoms with Crippen molar-refractivity contribution in [2.24, 2.45) is 9.98 Å². The molecule has 0 fully saturated rings. The molecular weight excluding hydrogens is 705 g/mol. The molecular formula is C54H40N4. The highest BCUT2D eigenvalue weighted by Crippen LogP contribution is 2.45. The second kappa shape index (κ2) is 14.8. The van der Waals surface area contributed by atoms with E-state index in [0.717, 1.165) is 100 Å². The molecule has 3 aliphatic rings. The molecule has 10 rings (SSSR count). The Morgan fingerprint density at radius 2 is 0.983 bits per heavy atom. The highest BCUT2D eigenvalue weighted by Gasteiger charge is 2.29. The van der Waals surface area contributed by atoms with Gasteiger partial charge in [0.2, 0.25) is 0 Å². The lowest BCUT2D eigenvalue weighted by molar-refractivity contribution is 0.818. The van der Waals surface area contributed by atoms with Crippen molar-refractivity contribution in [1.29, 1.82) is 0 Å². The van der Waals surface area contributed by atoms with E-state index >= 15 is 0 Å². The molecule has 8 bridgehead atoms. The molecule has 4 heteroatoms. The van der Waals surface area contributed by atoms with Gasteiger partial charge in [0.1, 0.15) is 0 Å². The average Bonchev–Trinajstić information content (AvgIpc) is 4.10. The lowest BCUT2D eigenvalue weighted by Crippen LogP contribution is -2.21. The third-order valence-corrected chi connectivity index (χ3v) is 11.0. The molecule has 0 amide bonds. The fraction of sp³-hybridized carbons (Fsp3) is 0.0370. The number of hydrogen-bond donors (Lipinski definition) is 1. The molecule has 4 nitrogen and oxygen atoms in total. The van der Waals surface area contributed by atoms with Gasteiger partial charge in [-0.3, -0.25) is 0 Å². The van der Waals surface area contributed by atoms with E-state index in [1.807, 2.05) is 6.08 Å². The molecule has 58 heavy (non-hydrogen) atoms. The molecule has 0 saturated heterocycles. The Morgan fingerprint density at radius 1 is 0.517 bits per heavy atom. The molecule has 0 atom stereocenters. The molecule has 2 aromatic heterocycles. The van der Waals surface area contributed by atoms with Crippen LogP contribution < -0.4 is 10.7 Å². The quantitative estimate of drug-likeness (QED) is 0.158. The van der Waals surface area contributed by atoms with Crippen LogP contribution in [0, 0.1) is 6.92 Å². The molecule has 0 spiro atoms. The summed E-state index contributed by atoms with van der Waals surface area (Å²) < 4.78 is 2.35. The van der Waals surface area contributed by atoms with Crippen molar-refractivity contribution < 1.29 is 0 Å². The maximum Gasteiger partial charge on any atom is 0.0737 e. The Labute approximate surface area is 338 Å². The summed E-state index contributed by atoms with van der Waals surface area (Å²) in [5, 5.41) is 1.96. The number of aromatic amines is 1. The Hall–Kier alpha value is -7.56. The van der Waals surface area contributed by atoms with Crippen LogP contribution >= 0.6 is 0 Å². The van der Waals surface area contributed by atoms with E-state index in [1.54, 1.807) is 0 Å². The number of aryl methyl sites for hydroxylation is 1. The first kappa shape index (κ1) is 34.9. The van der Waals surface area contributed by atoms with Crippen LogP contribution in [0.25, 0.3) is 33.4 Å². The molecule has 3 aliphatic heterocycles. The SMILES string of the molecule is C=CCn1cc2c(-c3cccc(C)c3)c1C(c1ccccc1)=C1C=CC(=N1)C(c1ccccc1)=c1ccc([nH]1)=C(c1ccccc1)C1=NC(=C2c2ccccc2)C=C1. The topological polar surface area (TPSA) is 45.4 Å². The maximum atomic E-state index is 5.58. The first-order chi connectivity index (χ1) is 28.6. The van der Waals surface area contributed by atoms with E-state index in [0.29, 0.717) is 6.54 Å². The summed E-state index contributed by atoms with van der Waals surface area (Å²) in [5.41, 5.74) is 17.7. The van der Waals surface area contributed by atoms with Crippen molar-refractivity contribution in [2.75, 3.05) is 0 Å². The Kier molecular flexibility index (Phi) is 8.92. The predicted octanol–water partition coefficient (Wildman–Crippen LogP) is 10.6. The Bertz CT molecular complexity index is 3060. The maximum absolute atomic E-state index is 5.58. The standard InChI is InChI=1S/C54H40N4/c1-3-33-58-35-42-49(37-18-8-4-9-19-37)43-27-28-44(55-43)51(38-20-10-5-11-21-38)45-29-30-46(56-45)52(39-22-12-6-13-23-39)47-31-32-48(57-47)53(40-24-14-7-15-25-40)54(58)50(42)41-26-16-17-36(2)34-41/h3-32,34-35,56H,1,33H2,2H3. The second-order valence-corrected chi connectivity index (χ2v) is 14.8. The molecule has 7 aromatic rings. The first-order valence-electron chi connectivity index (χ1n) is 19.7. The van der Waals surface area contributed by atoms with Crippen molar-refractivity contribution in [1.82, 2.24) is 9.55 Å². The molecule has 5 heterocycles. The summed E-state index contributed by atoms with van der Waals surface area (Å²) in [6, 6.07) is 55.7. The van der Waals surface area contributed by atoms with Crippen molar-refractivity contribution in [3.05, 3.63) is 262 Å². The zero-order valence-corrected chi connectivity index (χ0v) is 32.2. The summed E-state index contributed by atoms with van der Waals surface area (Å²) >= 11 is 0. The van der Waals surface area contributed by atoms with Crippen LogP contribution in [0.15, 0.2) is 222 Å². The average molecular weight is 745 g/mol. The van der Waals surface area contributed by atoms with E-state index in [9.17, 15) is 0 Å². The minimum Gasteiger partial charge on any atom is -0.354 e. The molecule has 0 radical (unpaired) electrons. The zero-order chi connectivity index (χ0) is 39.0. The molecule has 0 aliphatic carbocycles. The van der Waals surface area contributed by atoms with E-state index in [4.69, 9.17) is 9.98 Å². The molecule has 1 N–H and O–H groups in total. The second-order valence-electron chi connectivity index (χ2n) is 14.8. The summed E-state index contributed by atoms with van der Waals surface area (Å²) in [7, 11) is 0. The predicted molar refractivity (Wildman–Crippen MR) is 241 cm³/mol. The van der Waals surface area contributed by atoms with Gasteiger partial charge in [-0.05, 0) is 71.2 Å². The summed E-state index contributed by atoms with van der Waals surface area (Å²) in [6.07, 6.45) is 13.0. The third-order valence-electron chi connectivity index (χ3n) is 11.0. The van der Waals surface area contributed by atoms with Gasteiger partial charge in [-0.25, -0.2) is 9.98 Å². The van der Waals surface area contributed by atoms with Gasteiger partial charge in [0.25, 0.3) is 0 Å². The largest absolute Gasteiger partial charge is 0.354 e. The number of benzene rings is 5. The number of nitrogens with zero attached hydrogens (tertiary/aromatic N) is 3. The van der Waals surface area contributed by atoms with Crippen molar-refractivity contribution in [2.45, 2.75) is 13.5 Å². The van der Waals surface area contributed by atoms with Gasteiger partial charge in [-0.2, -0.15) is 0 Å². The summed E-state index contributed by atoms with van der Waals surface area (Å²) in [6.45, 7) is 7.01. The van der Waals surface area contributed by atoms with Crippen LogP contribution in [-0.2, 0) is 6.54 Å². The number of allylic oxidation sites excluding steroid dienone is 5. The van der Waals surface area contributed by atoms with Gasteiger partial charge in [-0.15, -0.1) is 6.58 Å². The lowest BCUT2D eigenvalue weighted by Gasteiger charge is -2.18. The van der Waals surface area contributed by atoms with Crippen molar-refractivity contribution in [3.8, 4) is 11.1 Å². The van der Waals surface area contributed by atoms with Crippen LogP contribution in [0.1, 0.15) is 39.1 Å².